The molecule has 3 nitrogen and oxygen atoms in total. The fourth-order valence-corrected chi connectivity index (χ4v) is 3.41. The first-order chi connectivity index (χ1) is 13.7. The number of rotatable bonds is 4. The van der Waals surface area contributed by atoms with Crippen molar-refractivity contribution in [3.63, 3.8) is 0 Å². The van der Waals surface area contributed by atoms with Gasteiger partial charge in [0.05, 0.1) is 12.8 Å². The standard InChI is InChI=1S/C24H21FN2O/c1-28-22-8-2-5-17(14-22)18-9-10-19(23(25)15-18)13-20-6-4-12-27-24(20)21-7-3-11-26-16-21/h2-3,5,7-11,13-16H,4,6,12H2,1H3/b20-13+. The van der Waals surface area contributed by atoms with E-state index in [0.717, 1.165) is 53.1 Å². The van der Waals surface area contributed by atoms with Crippen LogP contribution in [0.15, 0.2) is 77.6 Å². The van der Waals surface area contributed by atoms with Gasteiger partial charge in [0.1, 0.15) is 11.6 Å². The van der Waals surface area contributed by atoms with Gasteiger partial charge >= 0.3 is 0 Å². The minimum atomic E-state index is -0.246. The van der Waals surface area contributed by atoms with E-state index in [1.807, 2.05) is 54.6 Å². The van der Waals surface area contributed by atoms with Gasteiger partial charge in [-0.15, -0.1) is 0 Å². The number of hydrogen-bond donors (Lipinski definition) is 0. The highest BCUT2D eigenvalue weighted by atomic mass is 19.1. The van der Waals surface area contributed by atoms with Gasteiger partial charge in [0.15, 0.2) is 0 Å². The second-order valence-electron chi connectivity index (χ2n) is 6.71. The lowest BCUT2D eigenvalue weighted by Crippen LogP contribution is -2.12. The Kier molecular flexibility index (Phi) is 5.29. The third-order valence-corrected chi connectivity index (χ3v) is 4.85. The van der Waals surface area contributed by atoms with E-state index in [0.29, 0.717) is 5.56 Å². The van der Waals surface area contributed by atoms with Gasteiger partial charge in [-0.05, 0) is 65.9 Å². The molecule has 0 aliphatic carbocycles. The third-order valence-electron chi connectivity index (χ3n) is 4.85. The molecule has 0 saturated carbocycles. The number of ether oxygens (including phenoxy) is 1. The number of allylic oxidation sites excluding steroid dienone is 1. The zero-order chi connectivity index (χ0) is 19.3. The predicted octanol–water partition coefficient (Wildman–Crippen LogP) is 5.56. The molecule has 140 valence electrons. The predicted molar refractivity (Wildman–Crippen MR) is 111 cm³/mol. The Morgan fingerprint density at radius 2 is 1.86 bits per heavy atom. The maximum Gasteiger partial charge on any atom is 0.131 e. The molecular weight excluding hydrogens is 351 g/mol. The van der Waals surface area contributed by atoms with Gasteiger partial charge in [0.25, 0.3) is 0 Å². The van der Waals surface area contributed by atoms with Crippen LogP contribution < -0.4 is 4.74 Å². The molecule has 4 heteroatoms. The number of benzene rings is 2. The molecule has 1 aliphatic heterocycles. The van der Waals surface area contributed by atoms with Crippen LogP contribution in [0, 0.1) is 5.82 Å². The minimum Gasteiger partial charge on any atom is -0.497 e. The first-order valence-electron chi connectivity index (χ1n) is 9.34. The molecule has 0 atom stereocenters. The van der Waals surface area contributed by atoms with Crippen molar-refractivity contribution in [1.29, 1.82) is 0 Å². The molecule has 4 rings (SSSR count). The zero-order valence-corrected chi connectivity index (χ0v) is 15.7. The Morgan fingerprint density at radius 3 is 2.64 bits per heavy atom. The summed E-state index contributed by atoms with van der Waals surface area (Å²) in [6, 6.07) is 16.9. The molecule has 0 unspecified atom stereocenters. The van der Waals surface area contributed by atoms with E-state index >= 15 is 0 Å². The van der Waals surface area contributed by atoms with E-state index in [4.69, 9.17) is 4.74 Å². The molecule has 1 aliphatic rings. The zero-order valence-electron chi connectivity index (χ0n) is 15.7. The highest BCUT2D eigenvalue weighted by Gasteiger charge is 2.15. The van der Waals surface area contributed by atoms with Crippen LogP contribution in [0.5, 0.6) is 5.75 Å². The monoisotopic (exact) mass is 372 g/mol. The molecule has 2 heterocycles. The van der Waals surface area contributed by atoms with Gasteiger partial charge in [0, 0.05) is 30.1 Å². The van der Waals surface area contributed by atoms with Crippen LogP contribution in [0.3, 0.4) is 0 Å². The Hall–Kier alpha value is -3.27. The molecule has 0 amide bonds. The van der Waals surface area contributed by atoms with E-state index < -0.39 is 0 Å². The van der Waals surface area contributed by atoms with Crippen molar-refractivity contribution in [2.75, 3.05) is 13.7 Å². The van der Waals surface area contributed by atoms with E-state index in [-0.39, 0.29) is 5.82 Å². The molecule has 0 N–H and O–H groups in total. The lowest BCUT2D eigenvalue weighted by molar-refractivity contribution is 0.415. The average molecular weight is 372 g/mol. The first-order valence-corrected chi connectivity index (χ1v) is 9.34. The Balaban J connectivity index is 1.67. The molecular formula is C24H21FN2O. The van der Waals surface area contributed by atoms with Crippen molar-refractivity contribution < 1.29 is 9.13 Å². The third kappa shape index (κ3) is 3.86. The summed E-state index contributed by atoms with van der Waals surface area (Å²) in [6.45, 7) is 0.791. The van der Waals surface area contributed by atoms with E-state index in [2.05, 4.69) is 9.98 Å². The quantitative estimate of drug-likeness (QED) is 0.601. The summed E-state index contributed by atoms with van der Waals surface area (Å²) in [5, 5.41) is 0. The Bertz CT molecular complexity index is 1040. The van der Waals surface area contributed by atoms with Crippen molar-refractivity contribution in [3.05, 3.63) is 89.5 Å². The molecule has 2 aromatic carbocycles. The number of aromatic nitrogens is 1. The summed E-state index contributed by atoms with van der Waals surface area (Å²) in [4.78, 5) is 8.85. The molecule has 1 aromatic heterocycles. The highest BCUT2D eigenvalue weighted by molar-refractivity contribution is 6.15. The second-order valence-corrected chi connectivity index (χ2v) is 6.71. The molecule has 0 radical (unpaired) electrons. The van der Waals surface area contributed by atoms with Crippen molar-refractivity contribution in [3.8, 4) is 16.9 Å². The van der Waals surface area contributed by atoms with Gasteiger partial charge in [-0.25, -0.2) is 4.39 Å². The number of pyridine rings is 1. The number of methoxy groups -OCH3 is 1. The first kappa shape index (κ1) is 18.1. The molecule has 28 heavy (non-hydrogen) atoms. The largest absolute Gasteiger partial charge is 0.497 e. The summed E-state index contributed by atoms with van der Waals surface area (Å²) in [5.41, 5.74) is 5.25. The summed E-state index contributed by atoms with van der Waals surface area (Å²) in [5.74, 6) is 0.507. The van der Waals surface area contributed by atoms with Gasteiger partial charge < -0.3 is 4.74 Å². The van der Waals surface area contributed by atoms with Crippen molar-refractivity contribution >= 4 is 11.8 Å². The van der Waals surface area contributed by atoms with Crippen molar-refractivity contribution in [1.82, 2.24) is 4.98 Å². The molecule has 0 saturated heterocycles. The Labute approximate surface area is 164 Å². The lowest BCUT2D eigenvalue weighted by Gasteiger charge is -2.16. The molecule has 0 bridgehead atoms. The average Bonchev–Trinajstić information content (AvgIpc) is 2.76. The summed E-state index contributed by atoms with van der Waals surface area (Å²) < 4.78 is 20.1. The molecule has 0 fully saturated rings. The second kappa shape index (κ2) is 8.17. The summed E-state index contributed by atoms with van der Waals surface area (Å²) in [7, 11) is 1.63. The SMILES string of the molecule is COc1cccc(-c2ccc(/C=C3\CCCN=C3c3cccnc3)c(F)c2)c1. The van der Waals surface area contributed by atoms with Gasteiger partial charge in [-0.2, -0.15) is 0 Å². The number of hydrogen-bond acceptors (Lipinski definition) is 3. The number of halogens is 1. The molecule has 0 spiro atoms. The maximum absolute atomic E-state index is 14.9. The topological polar surface area (TPSA) is 34.5 Å². The smallest absolute Gasteiger partial charge is 0.131 e. The van der Waals surface area contributed by atoms with Gasteiger partial charge in [-0.1, -0.05) is 24.3 Å². The van der Waals surface area contributed by atoms with Crippen LogP contribution in [0.4, 0.5) is 4.39 Å². The highest BCUT2D eigenvalue weighted by Crippen LogP contribution is 2.28. The minimum absolute atomic E-state index is 0.246. The fourth-order valence-electron chi connectivity index (χ4n) is 3.41. The van der Waals surface area contributed by atoms with Crippen LogP contribution in [0.2, 0.25) is 0 Å². The number of aliphatic imine (C=N–C) groups is 1. The normalized spacial score (nSPS) is 15.4. The number of nitrogens with zero attached hydrogens (tertiary/aromatic N) is 2. The van der Waals surface area contributed by atoms with Crippen LogP contribution >= 0.6 is 0 Å². The van der Waals surface area contributed by atoms with E-state index in [1.54, 1.807) is 25.6 Å². The molecule has 3 aromatic rings. The van der Waals surface area contributed by atoms with Gasteiger partial charge in [0.2, 0.25) is 0 Å². The summed E-state index contributed by atoms with van der Waals surface area (Å²) in [6.07, 6.45) is 7.31. The van der Waals surface area contributed by atoms with Gasteiger partial charge in [-0.3, -0.25) is 9.98 Å². The fraction of sp³-hybridized carbons (Fsp3) is 0.167. The summed E-state index contributed by atoms with van der Waals surface area (Å²) >= 11 is 0. The van der Waals surface area contributed by atoms with Crippen LogP contribution in [-0.4, -0.2) is 24.4 Å². The van der Waals surface area contributed by atoms with Crippen LogP contribution in [0.25, 0.3) is 17.2 Å². The van der Waals surface area contributed by atoms with Crippen LogP contribution in [0.1, 0.15) is 24.0 Å². The van der Waals surface area contributed by atoms with Crippen molar-refractivity contribution in [2.24, 2.45) is 4.99 Å². The van der Waals surface area contributed by atoms with E-state index in [9.17, 15) is 4.39 Å². The van der Waals surface area contributed by atoms with Crippen LogP contribution in [-0.2, 0) is 0 Å². The maximum atomic E-state index is 14.9. The lowest BCUT2D eigenvalue weighted by atomic mass is 9.94. The van der Waals surface area contributed by atoms with Crippen molar-refractivity contribution in [2.45, 2.75) is 12.8 Å². The van der Waals surface area contributed by atoms with E-state index in [1.165, 1.54) is 0 Å². The Morgan fingerprint density at radius 1 is 1.00 bits per heavy atom.